The molecule has 1 amide bonds. The first kappa shape index (κ1) is 15.5. The molecule has 0 saturated heterocycles. The fourth-order valence-corrected chi connectivity index (χ4v) is 1.77. The molecule has 0 heterocycles. The number of benzene rings is 2. The van der Waals surface area contributed by atoms with Gasteiger partial charge in [0.05, 0.1) is 16.2 Å². The Bertz CT molecular complexity index is 715. The highest BCUT2D eigenvalue weighted by molar-refractivity contribution is 6.04. The third-order valence-corrected chi connectivity index (χ3v) is 2.80. The average Bonchev–Trinajstić information content (AvgIpc) is 2.47. The van der Waals surface area contributed by atoms with E-state index in [1.807, 2.05) is 0 Å². The summed E-state index contributed by atoms with van der Waals surface area (Å²) in [5.74, 6) is -0.736. The predicted octanol–water partition coefficient (Wildman–Crippen LogP) is 3.87. The van der Waals surface area contributed by atoms with Gasteiger partial charge in [0.15, 0.2) is 0 Å². The molecular weight excluding hydrogens is 301 g/mol. The number of anilines is 1. The fraction of sp³-hybridized carbons (Fsp3) is 0.0714. The molecule has 2 aromatic carbocycles. The van der Waals surface area contributed by atoms with E-state index in [2.05, 4.69) is 5.32 Å². The number of alkyl halides is 3. The number of amides is 1. The maximum Gasteiger partial charge on any atom is 0.418 e. The van der Waals surface area contributed by atoms with Gasteiger partial charge in [-0.2, -0.15) is 13.2 Å². The molecular formula is C14H9F3N2O3. The maximum absolute atomic E-state index is 13.0. The van der Waals surface area contributed by atoms with Crippen LogP contribution in [0.5, 0.6) is 0 Å². The molecule has 0 spiro atoms. The molecule has 0 aliphatic rings. The van der Waals surface area contributed by atoms with Crippen molar-refractivity contribution in [1.29, 1.82) is 0 Å². The van der Waals surface area contributed by atoms with E-state index in [1.54, 1.807) is 18.2 Å². The van der Waals surface area contributed by atoms with Crippen molar-refractivity contribution in [1.82, 2.24) is 0 Å². The lowest BCUT2D eigenvalue weighted by molar-refractivity contribution is -0.385. The summed E-state index contributed by atoms with van der Waals surface area (Å²) in [6.45, 7) is 0. The fourth-order valence-electron chi connectivity index (χ4n) is 1.77. The second-order valence-electron chi connectivity index (χ2n) is 4.30. The largest absolute Gasteiger partial charge is 0.418 e. The van der Waals surface area contributed by atoms with Crippen LogP contribution in [0.1, 0.15) is 15.9 Å². The summed E-state index contributed by atoms with van der Waals surface area (Å²) < 4.78 is 38.9. The zero-order chi connectivity index (χ0) is 16.3. The number of rotatable bonds is 3. The molecule has 0 atom stereocenters. The molecule has 0 aliphatic carbocycles. The molecule has 1 N–H and O–H groups in total. The van der Waals surface area contributed by atoms with Gasteiger partial charge in [-0.3, -0.25) is 14.9 Å². The van der Waals surface area contributed by atoms with Crippen molar-refractivity contribution >= 4 is 17.3 Å². The van der Waals surface area contributed by atoms with Crippen LogP contribution in [0.3, 0.4) is 0 Å². The molecule has 2 aromatic rings. The first-order chi connectivity index (χ1) is 10.3. The van der Waals surface area contributed by atoms with Gasteiger partial charge in [0.2, 0.25) is 0 Å². The average molecular weight is 310 g/mol. The predicted molar refractivity (Wildman–Crippen MR) is 72.5 cm³/mol. The summed E-state index contributed by atoms with van der Waals surface area (Å²) in [6, 6.07) is 9.81. The van der Waals surface area contributed by atoms with Crippen molar-refractivity contribution in [3.8, 4) is 0 Å². The van der Waals surface area contributed by atoms with Crippen LogP contribution in [-0.2, 0) is 6.18 Å². The van der Waals surface area contributed by atoms with Gasteiger partial charge < -0.3 is 5.32 Å². The van der Waals surface area contributed by atoms with Gasteiger partial charge in [-0.25, -0.2) is 0 Å². The van der Waals surface area contributed by atoms with Gasteiger partial charge in [0.1, 0.15) is 0 Å². The van der Waals surface area contributed by atoms with Gasteiger partial charge in [-0.05, 0) is 18.2 Å². The summed E-state index contributed by atoms with van der Waals surface area (Å²) in [5.41, 5.74) is -2.34. The van der Waals surface area contributed by atoms with Crippen molar-refractivity contribution in [2.45, 2.75) is 6.18 Å². The number of carbonyl (C=O) groups excluding carboxylic acids is 1. The lowest BCUT2D eigenvalue weighted by atomic mass is 10.1. The van der Waals surface area contributed by atoms with E-state index >= 15 is 0 Å². The van der Waals surface area contributed by atoms with E-state index in [9.17, 15) is 28.1 Å². The minimum absolute atomic E-state index is 0.175. The Kier molecular flexibility index (Phi) is 4.11. The van der Waals surface area contributed by atoms with Crippen molar-refractivity contribution in [2.75, 3.05) is 5.32 Å². The van der Waals surface area contributed by atoms with Crippen LogP contribution in [0, 0.1) is 10.1 Å². The van der Waals surface area contributed by atoms with Crippen LogP contribution in [0.2, 0.25) is 0 Å². The van der Waals surface area contributed by atoms with E-state index in [1.165, 1.54) is 12.1 Å². The molecule has 114 valence electrons. The summed E-state index contributed by atoms with van der Waals surface area (Å²) in [4.78, 5) is 21.6. The van der Waals surface area contributed by atoms with Gasteiger partial charge in [0, 0.05) is 17.7 Å². The monoisotopic (exact) mass is 310 g/mol. The molecule has 0 fully saturated rings. The Hall–Kier alpha value is -2.90. The van der Waals surface area contributed by atoms with E-state index in [0.29, 0.717) is 6.07 Å². The Labute approximate surface area is 122 Å². The summed E-state index contributed by atoms with van der Waals surface area (Å²) in [7, 11) is 0. The van der Waals surface area contributed by atoms with E-state index in [0.717, 1.165) is 12.1 Å². The minimum atomic E-state index is -4.83. The van der Waals surface area contributed by atoms with Crippen molar-refractivity contribution in [3.63, 3.8) is 0 Å². The topological polar surface area (TPSA) is 72.2 Å². The molecule has 22 heavy (non-hydrogen) atoms. The van der Waals surface area contributed by atoms with Crippen molar-refractivity contribution in [3.05, 3.63) is 69.8 Å². The van der Waals surface area contributed by atoms with Crippen LogP contribution >= 0.6 is 0 Å². The lowest BCUT2D eigenvalue weighted by Crippen LogP contribution is -2.16. The highest BCUT2D eigenvalue weighted by Crippen LogP contribution is 2.37. The molecule has 0 saturated carbocycles. The van der Waals surface area contributed by atoms with Gasteiger partial charge in [-0.1, -0.05) is 18.2 Å². The van der Waals surface area contributed by atoms with E-state index in [4.69, 9.17) is 0 Å². The van der Waals surface area contributed by atoms with Crippen LogP contribution in [-0.4, -0.2) is 10.8 Å². The minimum Gasteiger partial charge on any atom is -0.321 e. The Morgan fingerprint density at radius 3 is 2.27 bits per heavy atom. The van der Waals surface area contributed by atoms with Gasteiger partial charge in [-0.15, -0.1) is 0 Å². The summed E-state index contributed by atoms with van der Waals surface area (Å²) >= 11 is 0. The standard InChI is InChI=1S/C14H9F3N2O3/c15-14(16,17)11-8-10(19(21)22)6-7-12(11)18-13(20)9-4-2-1-3-5-9/h1-8H,(H,18,20). The quantitative estimate of drug-likeness (QED) is 0.691. The number of nitro benzene ring substituents is 1. The van der Waals surface area contributed by atoms with Gasteiger partial charge in [0.25, 0.3) is 11.6 Å². The SMILES string of the molecule is O=C(Nc1ccc([N+](=O)[O-])cc1C(F)(F)F)c1ccccc1. The molecule has 0 aromatic heterocycles. The first-order valence-corrected chi connectivity index (χ1v) is 6.01. The maximum atomic E-state index is 13.0. The highest BCUT2D eigenvalue weighted by Gasteiger charge is 2.35. The molecule has 0 bridgehead atoms. The smallest absolute Gasteiger partial charge is 0.321 e. The number of nitrogens with zero attached hydrogens (tertiary/aromatic N) is 1. The molecule has 8 heteroatoms. The molecule has 0 unspecified atom stereocenters. The van der Waals surface area contributed by atoms with E-state index < -0.39 is 33.9 Å². The third-order valence-electron chi connectivity index (χ3n) is 2.80. The third kappa shape index (κ3) is 3.40. The molecule has 0 aliphatic heterocycles. The second kappa shape index (κ2) is 5.84. The number of non-ortho nitro benzene ring substituents is 1. The van der Waals surface area contributed by atoms with Crippen LogP contribution in [0.15, 0.2) is 48.5 Å². The lowest BCUT2D eigenvalue weighted by Gasteiger charge is -2.13. The number of hydrogen-bond acceptors (Lipinski definition) is 3. The molecule has 2 rings (SSSR count). The Morgan fingerprint density at radius 2 is 1.73 bits per heavy atom. The highest BCUT2D eigenvalue weighted by atomic mass is 19.4. The molecule has 0 radical (unpaired) electrons. The van der Waals surface area contributed by atoms with Gasteiger partial charge >= 0.3 is 6.18 Å². The number of halogens is 3. The van der Waals surface area contributed by atoms with Crippen LogP contribution in [0.25, 0.3) is 0 Å². The Morgan fingerprint density at radius 1 is 1.09 bits per heavy atom. The van der Waals surface area contributed by atoms with Crippen molar-refractivity contribution in [2.24, 2.45) is 0 Å². The number of nitro groups is 1. The summed E-state index contributed by atoms with van der Waals surface area (Å²) in [6.07, 6.45) is -4.83. The normalized spacial score (nSPS) is 11.0. The summed E-state index contributed by atoms with van der Waals surface area (Å²) in [5, 5.41) is 12.7. The Balaban J connectivity index is 2.38. The number of hydrogen-bond donors (Lipinski definition) is 1. The van der Waals surface area contributed by atoms with Crippen LogP contribution < -0.4 is 5.32 Å². The first-order valence-electron chi connectivity index (χ1n) is 6.01. The van der Waals surface area contributed by atoms with Crippen molar-refractivity contribution < 1.29 is 22.9 Å². The molecule has 5 nitrogen and oxygen atoms in total. The zero-order valence-electron chi connectivity index (χ0n) is 10.9. The number of nitrogens with one attached hydrogen (secondary N) is 1. The number of carbonyl (C=O) groups is 1. The second-order valence-corrected chi connectivity index (χ2v) is 4.30. The van der Waals surface area contributed by atoms with E-state index in [-0.39, 0.29) is 5.56 Å². The van der Waals surface area contributed by atoms with Crippen LogP contribution in [0.4, 0.5) is 24.5 Å². The zero-order valence-corrected chi connectivity index (χ0v) is 10.9.